The summed E-state index contributed by atoms with van der Waals surface area (Å²) in [7, 11) is 0. The van der Waals surface area contributed by atoms with Gasteiger partial charge < -0.3 is 4.74 Å². The van der Waals surface area contributed by atoms with Gasteiger partial charge in [0.05, 0.1) is 11.7 Å². The minimum atomic E-state index is -0.320. The summed E-state index contributed by atoms with van der Waals surface area (Å²) >= 11 is 0. The van der Waals surface area contributed by atoms with Crippen molar-refractivity contribution >= 4 is 5.97 Å². The lowest BCUT2D eigenvalue weighted by Crippen LogP contribution is -2.14. The van der Waals surface area contributed by atoms with E-state index in [0.717, 1.165) is 12.8 Å². The van der Waals surface area contributed by atoms with Crippen LogP contribution in [0.2, 0.25) is 0 Å². The Hall–Kier alpha value is -1.64. The lowest BCUT2D eigenvalue weighted by atomic mass is 10.2. The van der Waals surface area contributed by atoms with E-state index in [1.807, 2.05) is 13.0 Å². The van der Waals surface area contributed by atoms with Crippen molar-refractivity contribution in [2.24, 2.45) is 0 Å². The number of carbonyl (C=O) groups excluding carboxylic acids is 1. The predicted octanol–water partition coefficient (Wildman–Crippen LogP) is 2.59. The summed E-state index contributed by atoms with van der Waals surface area (Å²) in [5.74, 6) is -0.320. The highest BCUT2D eigenvalue weighted by atomic mass is 16.5. The van der Waals surface area contributed by atoms with E-state index in [9.17, 15) is 4.79 Å². The van der Waals surface area contributed by atoms with Crippen molar-refractivity contribution in [3.8, 4) is 0 Å². The molecule has 0 saturated heterocycles. The molecule has 0 fully saturated rings. The van der Waals surface area contributed by atoms with Gasteiger partial charge in [-0.2, -0.15) is 0 Å². The summed E-state index contributed by atoms with van der Waals surface area (Å²) in [6.07, 6.45) is 6.50. The highest BCUT2D eigenvalue weighted by molar-refractivity contribution is 5.89. The highest BCUT2D eigenvalue weighted by Gasteiger charge is 2.10. The van der Waals surface area contributed by atoms with Gasteiger partial charge >= 0.3 is 5.97 Å². The molecule has 1 rings (SSSR count). The Morgan fingerprint density at radius 1 is 1.73 bits per heavy atom. The van der Waals surface area contributed by atoms with Gasteiger partial charge in [-0.15, -0.1) is 6.58 Å². The maximum Gasteiger partial charge on any atom is 0.339 e. The number of carbonyl (C=O) groups is 1. The van der Waals surface area contributed by atoms with E-state index in [-0.39, 0.29) is 12.1 Å². The zero-order chi connectivity index (χ0) is 11.1. The first-order valence-electron chi connectivity index (χ1n) is 4.96. The number of hydrogen-bond donors (Lipinski definition) is 0. The van der Waals surface area contributed by atoms with E-state index in [0.29, 0.717) is 5.56 Å². The second kappa shape index (κ2) is 5.96. The molecule has 0 bridgehead atoms. The Kier molecular flexibility index (Phi) is 4.54. The number of allylic oxidation sites excluding steroid dienone is 1. The third-order valence-electron chi connectivity index (χ3n) is 1.98. The van der Waals surface area contributed by atoms with E-state index >= 15 is 0 Å². The monoisotopic (exact) mass is 205 g/mol. The molecule has 1 aromatic heterocycles. The molecule has 0 aliphatic carbocycles. The van der Waals surface area contributed by atoms with Gasteiger partial charge in [-0.25, -0.2) is 4.79 Å². The SMILES string of the molecule is C=CCC[C@H](C)OC(=O)c1cccnc1. The summed E-state index contributed by atoms with van der Waals surface area (Å²) in [5.41, 5.74) is 0.489. The van der Waals surface area contributed by atoms with E-state index in [1.165, 1.54) is 6.20 Å². The molecule has 1 atom stereocenters. The molecular formula is C12H15NO2. The number of ether oxygens (including phenoxy) is 1. The summed E-state index contributed by atoms with van der Waals surface area (Å²) < 4.78 is 5.21. The Morgan fingerprint density at radius 3 is 3.13 bits per heavy atom. The maximum atomic E-state index is 11.5. The van der Waals surface area contributed by atoms with Gasteiger partial charge in [0.15, 0.2) is 0 Å². The molecule has 0 aliphatic rings. The second-order valence-electron chi connectivity index (χ2n) is 3.32. The van der Waals surface area contributed by atoms with Gasteiger partial charge in [-0.1, -0.05) is 6.08 Å². The molecule has 0 unspecified atom stereocenters. The van der Waals surface area contributed by atoms with Crippen LogP contribution in [0.1, 0.15) is 30.1 Å². The molecule has 80 valence electrons. The fraction of sp³-hybridized carbons (Fsp3) is 0.333. The van der Waals surface area contributed by atoms with Crippen LogP contribution in [0.3, 0.4) is 0 Å². The minimum Gasteiger partial charge on any atom is -0.459 e. The van der Waals surface area contributed by atoms with E-state index in [4.69, 9.17) is 4.74 Å². The van der Waals surface area contributed by atoms with Gasteiger partial charge in [-0.05, 0) is 31.9 Å². The van der Waals surface area contributed by atoms with Crippen LogP contribution in [0.25, 0.3) is 0 Å². The molecular weight excluding hydrogens is 190 g/mol. The largest absolute Gasteiger partial charge is 0.459 e. The Morgan fingerprint density at radius 2 is 2.53 bits per heavy atom. The van der Waals surface area contributed by atoms with Crippen LogP contribution in [0.5, 0.6) is 0 Å². The first kappa shape index (κ1) is 11.4. The van der Waals surface area contributed by atoms with Gasteiger partial charge in [0, 0.05) is 12.4 Å². The van der Waals surface area contributed by atoms with E-state index < -0.39 is 0 Å². The summed E-state index contributed by atoms with van der Waals surface area (Å²) in [4.78, 5) is 15.4. The van der Waals surface area contributed by atoms with Gasteiger partial charge in [0.25, 0.3) is 0 Å². The second-order valence-corrected chi connectivity index (χ2v) is 3.32. The molecule has 0 aromatic carbocycles. The molecule has 3 nitrogen and oxygen atoms in total. The van der Waals surface area contributed by atoms with Crippen molar-refractivity contribution in [2.75, 3.05) is 0 Å². The molecule has 3 heteroatoms. The zero-order valence-electron chi connectivity index (χ0n) is 8.85. The van der Waals surface area contributed by atoms with Crippen molar-refractivity contribution in [1.82, 2.24) is 4.98 Å². The van der Waals surface area contributed by atoms with Crippen molar-refractivity contribution in [1.29, 1.82) is 0 Å². The van der Waals surface area contributed by atoms with Crippen LogP contribution in [0.4, 0.5) is 0 Å². The number of hydrogen-bond acceptors (Lipinski definition) is 3. The quantitative estimate of drug-likeness (QED) is 0.548. The third-order valence-corrected chi connectivity index (χ3v) is 1.98. The number of aromatic nitrogens is 1. The van der Waals surface area contributed by atoms with Crippen molar-refractivity contribution in [2.45, 2.75) is 25.9 Å². The van der Waals surface area contributed by atoms with Crippen LogP contribution in [-0.4, -0.2) is 17.1 Å². The fourth-order valence-electron chi connectivity index (χ4n) is 1.15. The van der Waals surface area contributed by atoms with Crippen molar-refractivity contribution < 1.29 is 9.53 Å². The van der Waals surface area contributed by atoms with Crippen LogP contribution in [0.15, 0.2) is 37.2 Å². The van der Waals surface area contributed by atoms with Gasteiger partial charge in [0.2, 0.25) is 0 Å². The maximum absolute atomic E-state index is 11.5. The van der Waals surface area contributed by atoms with Crippen LogP contribution in [0, 0.1) is 0 Å². The molecule has 0 saturated carbocycles. The molecule has 0 N–H and O–H groups in total. The lowest BCUT2D eigenvalue weighted by molar-refractivity contribution is 0.0326. The average Bonchev–Trinajstić information content (AvgIpc) is 2.27. The molecule has 0 aliphatic heterocycles. The number of pyridine rings is 1. The first-order chi connectivity index (χ1) is 7.24. The molecule has 0 radical (unpaired) electrons. The van der Waals surface area contributed by atoms with Crippen LogP contribution >= 0.6 is 0 Å². The van der Waals surface area contributed by atoms with Gasteiger partial charge in [0.1, 0.15) is 0 Å². The predicted molar refractivity (Wildman–Crippen MR) is 58.5 cm³/mol. The first-order valence-corrected chi connectivity index (χ1v) is 4.96. The smallest absolute Gasteiger partial charge is 0.339 e. The molecule has 1 aromatic rings. The summed E-state index contributed by atoms with van der Waals surface area (Å²) in [5, 5.41) is 0. The number of rotatable bonds is 5. The Balaban J connectivity index is 2.45. The van der Waals surface area contributed by atoms with E-state index in [2.05, 4.69) is 11.6 Å². The number of nitrogens with zero attached hydrogens (tertiary/aromatic N) is 1. The standard InChI is InChI=1S/C12H15NO2/c1-3-4-6-10(2)15-12(14)11-7-5-8-13-9-11/h3,5,7-10H,1,4,6H2,2H3/t10-/m0/s1. The molecule has 0 amide bonds. The fourth-order valence-corrected chi connectivity index (χ4v) is 1.15. The number of esters is 1. The van der Waals surface area contributed by atoms with Crippen molar-refractivity contribution in [3.63, 3.8) is 0 Å². The lowest BCUT2D eigenvalue weighted by Gasteiger charge is -2.11. The average molecular weight is 205 g/mol. The highest BCUT2D eigenvalue weighted by Crippen LogP contribution is 2.06. The summed E-state index contributed by atoms with van der Waals surface area (Å²) in [6.45, 7) is 5.49. The van der Waals surface area contributed by atoms with Crippen LogP contribution < -0.4 is 0 Å². The Labute approximate surface area is 89.8 Å². The third kappa shape index (κ3) is 3.94. The zero-order valence-corrected chi connectivity index (χ0v) is 8.85. The molecule has 1 heterocycles. The summed E-state index contributed by atoms with van der Waals surface area (Å²) in [6, 6.07) is 3.40. The molecule has 15 heavy (non-hydrogen) atoms. The Bertz CT molecular complexity index is 322. The normalized spacial score (nSPS) is 11.8. The van der Waals surface area contributed by atoms with E-state index in [1.54, 1.807) is 18.3 Å². The molecule has 0 spiro atoms. The van der Waals surface area contributed by atoms with Crippen molar-refractivity contribution in [3.05, 3.63) is 42.7 Å². The topological polar surface area (TPSA) is 39.2 Å². The van der Waals surface area contributed by atoms with Crippen LogP contribution in [-0.2, 0) is 4.74 Å². The van der Waals surface area contributed by atoms with Gasteiger partial charge in [-0.3, -0.25) is 4.98 Å². The minimum absolute atomic E-state index is 0.0873.